The van der Waals surface area contributed by atoms with E-state index >= 15 is 0 Å². The summed E-state index contributed by atoms with van der Waals surface area (Å²) in [5, 5.41) is 9.22. The summed E-state index contributed by atoms with van der Waals surface area (Å²) in [7, 11) is 0. The highest BCUT2D eigenvalue weighted by atomic mass is 16.5. The minimum atomic E-state index is -0.507. The van der Waals surface area contributed by atoms with Crippen LogP contribution in [0.2, 0.25) is 0 Å². The number of H-pyrrole nitrogens is 1. The Bertz CT molecular complexity index is 436. The van der Waals surface area contributed by atoms with Gasteiger partial charge >= 0.3 is 0 Å². The molecule has 0 atom stereocenters. The normalized spacial score (nSPS) is 23.9. The Morgan fingerprint density at radius 2 is 2.12 bits per heavy atom. The Balaban J connectivity index is 1.80. The predicted octanol–water partition coefficient (Wildman–Crippen LogP) is 2.25. The first-order chi connectivity index (χ1) is 8.34. The molecule has 0 spiro atoms. The number of ether oxygens (including phenoxy) is 1. The lowest BCUT2D eigenvalue weighted by atomic mass is 9.86. The molecule has 0 amide bonds. The standard InChI is InChI=1S/C13H17N3O/c14-7-13(8-17-9-13)12-15-6-11(16-12)10-4-2-1-3-5-10/h6,10H,1-5,8-9H2,(H,15,16). The van der Waals surface area contributed by atoms with Crippen LogP contribution in [0.15, 0.2) is 6.20 Å². The van der Waals surface area contributed by atoms with Gasteiger partial charge in [-0.05, 0) is 12.8 Å². The minimum absolute atomic E-state index is 0.473. The van der Waals surface area contributed by atoms with Crippen LogP contribution in [0.5, 0.6) is 0 Å². The molecule has 90 valence electrons. The number of hydrogen-bond donors (Lipinski definition) is 1. The molecule has 17 heavy (non-hydrogen) atoms. The second-order valence-electron chi connectivity index (χ2n) is 5.21. The van der Waals surface area contributed by atoms with Gasteiger partial charge in [0.2, 0.25) is 0 Å². The van der Waals surface area contributed by atoms with Crippen molar-refractivity contribution in [1.29, 1.82) is 5.26 Å². The lowest BCUT2D eigenvalue weighted by molar-refractivity contribution is -0.0336. The van der Waals surface area contributed by atoms with E-state index in [9.17, 15) is 5.26 Å². The molecular formula is C13H17N3O. The molecule has 4 nitrogen and oxygen atoms in total. The Morgan fingerprint density at radius 3 is 2.71 bits per heavy atom. The molecule has 1 aliphatic carbocycles. The molecule has 1 saturated carbocycles. The summed E-state index contributed by atoms with van der Waals surface area (Å²) >= 11 is 0. The molecule has 0 aromatic carbocycles. The number of nitrogens with zero attached hydrogens (tertiary/aromatic N) is 2. The van der Waals surface area contributed by atoms with E-state index < -0.39 is 5.41 Å². The van der Waals surface area contributed by atoms with Gasteiger partial charge in [0, 0.05) is 17.8 Å². The average Bonchev–Trinajstić information content (AvgIpc) is 2.80. The van der Waals surface area contributed by atoms with Crippen molar-refractivity contribution in [3.05, 3.63) is 17.7 Å². The van der Waals surface area contributed by atoms with Crippen LogP contribution in [-0.2, 0) is 10.2 Å². The Morgan fingerprint density at radius 1 is 1.35 bits per heavy atom. The number of nitriles is 1. The van der Waals surface area contributed by atoms with E-state index in [0.29, 0.717) is 19.1 Å². The van der Waals surface area contributed by atoms with Crippen LogP contribution in [0, 0.1) is 11.3 Å². The van der Waals surface area contributed by atoms with Crippen molar-refractivity contribution in [1.82, 2.24) is 9.97 Å². The Kier molecular flexibility index (Phi) is 2.64. The number of nitrogens with one attached hydrogen (secondary N) is 1. The largest absolute Gasteiger partial charge is 0.377 e. The van der Waals surface area contributed by atoms with E-state index in [1.54, 1.807) is 0 Å². The molecule has 0 bridgehead atoms. The predicted molar refractivity (Wildman–Crippen MR) is 62.5 cm³/mol. The molecule has 1 saturated heterocycles. The monoisotopic (exact) mass is 231 g/mol. The van der Waals surface area contributed by atoms with E-state index in [0.717, 1.165) is 5.82 Å². The van der Waals surface area contributed by atoms with Crippen molar-refractivity contribution in [2.24, 2.45) is 0 Å². The van der Waals surface area contributed by atoms with E-state index in [-0.39, 0.29) is 0 Å². The number of imidazole rings is 1. The highest BCUT2D eigenvalue weighted by Gasteiger charge is 2.43. The summed E-state index contributed by atoms with van der Waals surface area (Å²) in [4.78, 5) is 7.76. The van der Waals surface area contributed by atoms with Gasteiger partial charge in [0.1, 0.15) is 5.82 Å². The van der Waals surface area contributed by atoms with Crippen molar-refractivity contribution >= 4 is 0 Å². The lowest BCUT2D eigenvalue weighted by Crippen LogP contribution is -2.46. The van der Waals surface area contributed by atoms with Crippen LogP contribution >= 0.6 is 0 Å². The first-order valence-corrected chi connectivity index (χ1v) is 6.38. The molecule has 0 unspecified atom stereocenters. The smallest absolute Gasteiger partial charge is 0.161 e. The molecule has 4 heteroatoms. The average molecular weight is 231 g/mol. The fraction of sp³-hybridized carbons (Fsp3) is 0.692. The van der Waals surface area contributed by atoms with E-state index in [2.05, 4.69) is 16.0 Å². The van der Waals surface area contributed by atoms with Gasteiger partial charge in [-0.25, -0.2) is 4.98 Å². The van der Waals surface area contributed by atoms with E-state index in [1.165, 1.54) is 37.8 Å². The molecule has 2 heterocycles. The zero-order valence-electron chi connectivity index (χ0n) is 9.91. The second-order valence-corrected chi connectivity index (χ2v) is 5.21. The number of aromatic amines is 1. The summed E-state index contributed by atoms with van der Waals surface area (Å²) in [6.07, 6.45) is 8.39. The summed E-state index contributed by atoms with van der Waals surface area (Å²) in [6, 6.07) is 2.33. The zero-order valence-corrected chi connectivity index (χ0v) is 9.91. The molecule has 3 rings (SSSR count). The van der Waals surface area contributed by atoms with E-state index in [4.69, 9.17) is 4.74 Å². The third-order valence-corrected chi connectivity index (χ3v) is 4.00. The zero-order chi connectivity index (χ0) is 11.7. The quantitative estimate of drug-likeness (QED) is 0.849. The Hall–Kier alpha value is -1.34. The highest BCUT2D eigenvalue weighted by molar-refractivity contribution is 5.26. The number of rotatable bonds is 2. The maximum absolute atomic E-state index is 9.22. The van der Waals surface area contributed by atoms with Crippen molar-refractivity contribution < 1.29 is 4.74 Å². The highest BCUT2D eigenvalue weighted by Crippen LogP contribution is 2.34. The van der Waals surface area contributed by atoms with Gasteiger partial charge in [0.05, 0.1) is 19.3 Å². The third kappa shape index (κ3) is 1.75. The SMILES string of the molecule is N#CC1(c2ncc(C3CCCCC3)[nH]2)COC1. The Labute approximate surface area is 101 Å². The summed E-state index contributed by atoms with van der Waals surface area (Å²) in [6.45, 7) is 0.947. The van der Waals surface area contributed by atoms with E-state index in [1.807, 2.05) is 6.20 Å². The van der Waals surface area contributed by atoms with Crippen LogP contribution in [0.1, 0.15) is 49.5 Å². The molecule has 2 fully saturated rings. The molecular weight excluding hydrogens is 214 g/mol. The van der Waals surface area contributed by atoms with Gasteiger partial charge in [-0.15, -0.1) is 0 Å². The van der Waals surface area contributed by atoms with Gasteiger partial charge in [0.25, 0.3) is 0 Å². The summed E-state index contributed by atoms with van der Waals surface area (Å²) in [5.41, 5.74) is 0.702. The molecule has 1 aromatic rings. The lowest BCUT2D eigenvalue weighted by Gasteiger charge is -2.33. The topological polar surface area (TPSA) is 61.7 Å². The first-order valence-electron chi connectivity index (χ1n) is 6.38. The summed E-state index contributed by atoms with van der Waals surface area (Å²) in [5.74, 6) is 1.41. The molecule has 1 aliphatic heterocycles. The number of aromatic nitrogens is 2. The first kappa shape index (κ1) is 10.8. The van der Waals surface area contributed by atoms with Crippen LogP contribution in [0.4, 0.5) is 0 Å². The molecule has 0 radical (unpaired) electrons. The fourth-order valence-corrected chi connectivity index (χ4v) is 2.76. The fourth-order valence-electron chi connectivity index (χ4n) is 2.76. The molecule has 1 aromatic heterocycles. The second kappa shape index (κ2) is 4.15. The third-order valence-electron chi connectivity index (χ3n) is 4.00. The van der Waals surface area contributed by atoms with Crippen molar-refractivity contribution in [3.8, 4) is 6.07 Å². The van der Waals surface area contributed by atoms with Crippen molar-refractivity contribution in [2.45, 2.75) is 43.4 Å². The van der Waals surface area contributed by atoms with Gasteiger partial charge < -0.3 is 9.72 Å². The number of hydrogen-bond acceptors (Lipinski definition) is 3. The van der Waals surface area contributed by atoms with Crippen molar-refractivity contribution in [2.75, 3.05) is 13.2 Å². The van der Waals surface area contributed by atoms with Gasteiger partial charge in [-0.3, -0.25) is 0 Å². The van der Waals surface area contributed by atoms with Crippen LogP contribution in [0.25, 0.3) is 0 Å². The van der Waals surface area contributed by atoms with Crippen molar-refractivity contribution in [3.63, 3.8) is 0 Å². The molecule has 1 N–H and O–H groups in total. The van der Waals surface area contributed by atoms with Crippen LogP contribution < -0.4 is 0 Å². The maximum atomic E-state index is 9.22. The molecule has 2 aliphatic rings. The van der Waals surface area contributed by atoms with Gasteiger partial charge in [-0.2, -0.15) is 5.26 Å². The van der Waals surface area contributed by atoms with Crippen LogP contribution in [-0.4, -0.2) is 23.2 Å². The minimum Gasteiger partial charge on any atom is -0.377 e. The maximum Gasteiger partial charge on any atom is 0.161 e. The van der Waals surface area contributed by atoms with Crippen LogP contribution in [0.3, 0.4) is 0 Å². The van der Waals surface area contributed by atoms with Gasteiger partial charge in [0.15, 0.2) is 5.41 Å². The van der Waals surface area contributed by atoms with Gasteiger partial charge in [-0.1, -0.05) is 19.3 Å². The summed E-state index contributed by atoms with van der Waals surface area (Å²) < 4.78 is 5.16.